The average molecular weight is 186 g/mol. The highest BCUT2D eigenvalue weighted by Crippen LogP contribution is 2.08. The molecule has 0 amide bonds. The van der Waals surface area contributed by atoms with Gasteiger partial charge in [0.1, 0.15) is 0 Å². The van der Waals surface area contributed by atoms with Gasteiger partial charge in [-0.1, -0.05) is 13.8 Å². The summed E-state index contributed by atoms with van der Waals surface area (Å²) in [6.07, 6.45) is -0.180. The molecule has 78 valence electrons. The molecule has 0 aromatic rings. The maximum atomic E-state index is 9.73. The molecule has 1 unspecified atom stereocenters. The van der Waals surface area contributed by atoms with Crippen LogP contribution in [0.15, 0.2) is 0 Å². The fourth-order valence-electron chi connectivity index (χ4n) is 1.61. The molecule has 13 heavy (non-hydrogen) atoms. The van der Waals surface area contributed by atoms with Gasteiger partial charge in [-0.25, -0.2) is 0 Å². The maximum absolute atomic E-state index is 9.73. The van der Waals surface area contributed by atoms with Gasteiger partial charge in [-0.2, -0.15) is 0 Å². The summed E-state index contributed by atoms with van der Waals surface area (Å²) < 4.78 is 0. The second-order valence-electron chi connectivity index (χ2n) is 4.36. The number of hydrogen-bond acceptors (Lipinski definition) is 3. The minimum Gasteiger partial charge on any atom is -0.392 e. The molecular formula is C10H22N2O. The summed E-state index contributed by atoms with van der Waals surface area (Å²) >= 11 is 0. The molecule has 0 bridgehead atoms. The molecule has 0 spiro atoms. The highest BCUT2D eigenvalue weighted by molar-refractivity contribution is 4.78. The van der Waals surface area contributed by atoms with E-state index < -0.39 is 0 Å². The van der Waals surface area contributed by atoms with E-state index in [0.717, 1.165) is 26.2 Å². The van der Waals surface area contributed by atoms with Gasteiger partial charge in [0.2, 0.25) is 0 Å². The number of nitrogens with one attached hydrogen (secondary N) is 1. The molecule has 1 fully saturated rings. The molecule has 0 aromatic heterocycles. The third-order valence-corrected chi connectivity index (χ3v) is 2.83. The fraction of sp³-hybridized carbons (Fsp3) is 1.00. The van der Waals surface area contributed by atoms with E-state index in [1.54, 1.807) is 0 Å². The lowest BCUT2D eigenvalue weighted by molar-refractivity contribution is 0.0521. The number of β-amino-alcohol motifs (C(OH)–C–C–N with tert-alkyl or cyclic N) is 1. The zero-order valence-electron chi connectivity index (χ0n) is 8.95. The van der Waals surface area contributed by atoms with E-state index in [0.29, 0.717) is 12.0 Å². The fourth-order valence-corrected chi connectivity index (χ4v) is 1.61. The van der Waals surface area contributed by atoms with Crippen molar-refractivity contribution in [2.75, 3.05) is 26.2 Å². The Morgan fingerprint density at radius 1 is 1.54 bits per heavy atom. The van der Waals surface area contributed by atoms with Crippen molar-refractivity contribution in [2.24, 2.45) is 5.92 Å². The van der Waals surface area contributed by atoms with Gasteiger partial charge in [-0.3, -0.25) is 4.90 Å². The normalized spacial score (nSPS) is 27.9. The SMILES string of the molecule is CC(C)C(O)CN1CCNC[C@H]1C. The first-order valence-electron chi connectivity index (χ1n) is 5.24. The zero-order valence-corrected chi connectivity index (χ0v) is 8.95. The van der Waals surface area contributed by atoms with Crippen LogP contribution in [0.5, 0.6) is 0 Å². The molecular weight excluding hydrogens is 164 g/mol. The lowest BCUT2D eigenvalue weighted by Crippen LogP contribution is -2.52. The summed E-state index contributed by atoms with van der Waals surface area (Å²) in [7, 11) is 0. The van der Waals surface area contributed by atoms with E-state index in [4.69, 9.17) is 0 Å². The Morgan fingerprint density at radius 3 is 2.77 bits per heavy atom. The minimum atomic E-state index is -0.180. The van der Waals surface area contributed by atoms with E-state index in [2.05, 4.69) is 31.0 Å². The van der Waals surface area contributed by atoms with Crippen molar-refractivity contribution in [3.63, 3.8) is 0 Å². The van der Waals surface area contributed by atoms with Crippen LogP contribution in [0, 0.1) is 5.92 Å². The van der Waals surface area contributed by atoms with E-state index in [1.165, 1.54) is 0 Å². The summed E-state index contributed by atoms with van der Waals surface area (Å²) in [6.45, 7) is 10.3. The Balaban J connectivity index is 2.33. The summed E-state index contributed by atoms with van der Waals surface area (Å²) in [5, 5.41) is 13.1. The smallest absolute Gasteiger partial charge is 0.0690 e. The molecule has 3 nitrogen and oxygen atoms in total. The summed E-state index contributed by atoms with van der Waals surface area (Å²) in [5.41, 5.74) is 0. The largest absolute Gasteiger partial charge is 0.392 e. The van der Waals surface area contributed by atoms with E-state index in [9.17, 15) is 5.11 Å². The van der Waals surface area contributed by atoms with Crippen molar-refractivity contribution < 1.29 is 5.11 Å². The highest BCUT2D eigenvalue weighted by atomic mass is 16.3. The first-order valence-corrected chi connectivity index (χ1v) is 5.24. The molecule has 0 radical (unpaired) electrons. The van der Waals surface area contributed by atoms with Crippen LogP contribution in [0.4, 0.5) is 0 Å². The topological polar surface area (TPSA) is 35.5 Å². The number of rotatable bonds is 3. The number of piperazine rings is 1. The molecule has 1 rings (SSSR count). The minimum absolute atomic E-state index is 0.180. The second kappa shape index (κ2) is 4.94. The van der Waals surface area contributed by atoms with Crippen LogP contribution in [-0.2, 0) is 0 Å². The molecule has 2 N–H and O–H groups in total. The Hall–Kier alpha value is -0.120. The lowest BCUT2D eigenvalue weighted by Gasteiger charge is -2.35. The first kappa shape index (κ1) is 11.0. The van der Waals surface area contributed by atoms with Gasteiger partial charge in [0.15, 0.2) is 0 Å². The second-order valence-corrected chi connectivity index (χ2v) is 4.36. The van der Waals surface area contributed by atoms with Crippen LogP contribution >= 0.6 is 0 Å². The molecule has 2 atom stereocenters. The van der Waals surface area contributed by atoms with Crippen molar-refractivity contribution >= 4 is 0 Å². The van der Waals surface area contributed by atoms with Gasteiger partial charge in [0, 0.05) is 32.2 Å². The molecule has 0 aliphatic carbocycles. The third-order valence-electron chi connectivity index (χ3n) is 2.83. The number of aliphatic hydroxyl groups excluding tert-OH is 1. The number of aliphatic hydroxyl groups is 1. The molecule has 0 aromatic carbocycles. The van der Waals surface area contributed by atoms with E-state index >= 15 is 0 Å². The number of hydrogen-bond donors (Lipinski definition) is 2. The number of nitrogens with zero attached hydrogens (tertiary/aromatic N) is 1. The third kappa shape index (κ3) is 3.25. The Kier molecular flexibility index (Phi) is 4.16. The lowest BCUT2D eigenvalue weighted by atomic mass is 10.1. The first-order chi connectivity index (χ1) is 6.11. The van der Waals surface area contributed by atoms with Crippen molar-refractivity contribution in [1.82, 2.24) is 10.2 Å². The van der Waals surface area contributed by atoms with E-state index in [-0.39, 0.29) is 6.10 Å². The molecule has 1 heterocycles. The quantitative estimate of drug-likeness (QED) is 0.665. The summed E-state index contributed by atoms with van der Waals surface area (Å²) in [6, 6.07) is 0.558. The summed E-state index contributed by atoms with van der Waals surface area (Å²) in [4.78, 5) is 2.36. The van der Waals surface area contributed by atoms with Crippen LogP contribution in [0.3, 0.4) is 0 Å². The Bertz CT molecular complexity index is 150. The predicted molar refractivity (Wildman–Crippen MR) is 54.7 cm³/mol. The van der Waals surface area contributed by atoms with Gasteiger partial charge in [0.05, 0.1) is 6.10 Å². The maximum Gasteiger partial charge on any atom is 0.0690 e. The van der Waals surface area contributed by atoms with Crippen LogP contribution in [0.25, 0.3) is 0 Å². The van der Waals surface area contributed by atoms with Crippen LogP contribution in [0.1, 0.15) is 20.8 Å². The van der Waals surface area contributed by atoms with Gasteiger partial charge >= 0.3 is 0 Å². The molecule has 0 saturated carbocycles. The van der Waals surface area contributed by atoms with Crippen LogP contribution in [0.2, 0.25) is 0 Å². The van der Waals surface area contributed by atoms with Crippen LogP contribution in [-0.4, -0.2) is 48.3 Å². The predicted octanol–water partition coefficient (Wildman–Crippen LogP) is 0.297. The van der Waals surface area contributed by atoms with Gasteiger partial charge in [-0.15, -0.1) is 0 Å². The van der Waals surface area contributed by atoms with Crippen molar-refractivity contribution in [1.29, 1.82) is 0 Å². The molecule has 1 aliphatic heterocycles. The average Bonchev–Trinajstić information content (AvgIpc) is 2.08. The van der Waals surface area contributed by atoms with Crippen molar-refractivity contribution in [2.45, 2.75) is 32.9 Å². The zero-order chi connectivity index (χ0) is 9.84. The summed E-state index contributed by atoms with van der Waals surface area (Å²) in [5.74, 6) is 0.363. The highest BCUT2D eigenvalue weighted by Gasteiger charge is 2.21. The monoisotopic (exact) mass is 186 g/mol. The molecule has 1 aliphatic rings. The van der Waals surface area contributed by atoms with Gasteiger partial charge in [0.25, 0.3) is 0 Å². The molecule has 3 heteroatoms. The Labute approximate surface area is 81.1 Å². The van der Waals surface area contributed by atoms with Crippen LogP contribution < -0.4 is 5.32 Å². The van der Waals surface area contributed by atoms with Crippen molar-refractivity contribution in [3.05, 3.63) is 0 Å². The van der Waals surface area contributed by atoms with Crippen molar-refractivity contribution in [3.8, 4) is 0 Å². The standard InChI is InChI=1S/C10H22N2O/c1-8(2)10(13)7-12-5-4-11-6-9(12)3/h8-11,13H,4-7H2,1-3H3/t9-,10?/m1/s1. The van der Waals surface area contributed by atoms with E-state index in [1.807, 2.05) is 0 Å². The Morgan fingerprint density at radius 2 is 2.23 bits per heavy atom. The van der Waals surface area contributed by atoms with Gasteiger partial charge < -0.3 is 10.4 Å². The van der Waals surface area contributed by atoms with Gasteiger partial charge in [-0.05, 0) is 12.8 Å². The molecule has 1 saturated heterocycles.